The van der Waals surface area contributed by atoms with Crippen LogP contribution in [0.1, 0.15) is 19.4 Å². The van der Waals surface area contributed by atoms with Gasteiger partial charge in [-0.2, -0.15) is 11.8 Å². The highest BCUT2D eigenvalue weighted by Gasteiger charge is 2.12. The van der Waals surface area contributed by atoms with E-state index in [1.54, 1.807) is 6.20 Å². The summed E-state index contributed by atoms with van der Waals surface area (Å²) < 4.78 is 0. The zero-order valence-electron chi connectivity index (χ0n) is 12.9. The van der Waals surface area contributed by atoms with Gasteiger partial charge in [-0.15, -0.1) is 0 Å². The van der Waals surface area contributed by atoms with Crippen LogP contribution in [0.15, 0.2) is 18.3 Å². The number of carbonyl (C=O) groups is 2. The fourth-order valence-corrected chi connectivity index (χ4v) is 2.32. The van der Waals surface area contributed by atoms with E-state index in [1.165, 1.54) is 11.8 Å². The Kier molecular flexibility index (Phi) is 9.97. The lowest BCUT2D eigenvalue weighted by atomic mass is 10.2. The predicted octanol–water partition coefficient (Wildman–Crippen LogP) is 1.43. The number of nitrogens with zero attached hydrogens (tertiary/aromatic N) is 1. The minimum Gasteiger partial charge on any atom is -0.481 e. The van der Waals surface area contributed by atoms with Crippen molar-refractivity contribution in [2.75, 3.05) is 16.8 Å². The smallest absolute Gasteiger partial charge is 0.321 e. The summed E-state index contributed by atoms with van der Waals surface area (Å²) in [6.07, 6.45) is 1.75. The van der Waals surface area contributed by atoms with E-state index in [0.29, 0.717) is 5.75 Å². The number of thioether (sulfide) groups is 1. The first kappa shape index (κ1) is 20.2. The van der Waals surface area contributed by atoms with E-state index < -0.39 is 18.0 Å². The van der Waals surface area contributed by atoms with E-state index in [1.807, 2.05) is 26.0 Å². The number of carboxylic acid groups (broad SMARTS) is 2. The summed E-state index contributed by atoms with van der Waals surface area (Å²) in [4.78, 5) is 23.8. The van der Waals surface area contributed by atoms with E-state index in [0.717, 1.165) is 24.1 Å². The molecular formula is C14H23N3O4S. The Morgan fingerprint density at radius 3 is 2.50 bits per heavy atom. The monoisotopic (exact) mass is 329 g/mol. The van der Waals surface area contributed by atoms with Crippen molar-refractivity contribution in [1.29, 1.82) is 0 Å². The molecule has 5 N–H and O–H groups in total. The average Bonchev–Trinajstić information content (AvgIpc) is 2.40. The lowest BCUT2D eigenvalue weighted by Crippen LogP contribution is -2.33. The number of aryl methyl sites for hydroxylation is 1. The van der Waals surface area contributed by atoms with Crippen LogP contribution in [-0.2, 0) is 9.59 Å². The molecule has 0 saturated heterocycles. The molecule has 124 valence electrons. The highest BCUT2D eigenvalue weighted by atomic mass is 32.2. The van der Waals surface area contributed by atoms with Crippen LogP contribution in [0.2, 0.25) is 0 Å². The molecule has 0 radical (unpaired) electrons. The Hall–Kier alpha value is -1.80. The quantitative estimate of drug-likeness (QED) is 0.592. The van der Waals surface area contributed by atoms with Gasteiger partial charge in [0.2, 0.25) is 0 Å². The number of nitrogens with one attached hydrogen (secondary N) is 1. The molecule has 0 aromatic carbocycles. The molecule has 22 heavy (non-hydrogen) atoms. The van der Waals surface area contributed by atoms with Crippen LogP contribution >= 0.6 is 11.8 Å². The molecule has 1 heterocycles. The Bertz CT molecular complexity index is 481. The number of nitrogens with two attached hydrogens (primary N) is 1. The van der Waals surface area contributed by atoms with Crippen molar-refractivity contribution in [3.8, 4) is 0 Å². The molecule has 1 rings (SSSR count). The van der Waals surface area contributed by atoms with Crippen molar-refractivity contribution in [3.05, 3.63) is 23.9 Å². The van der Waals surface area contributed by atoms with Crippen molar-refractivity contribution in [1.82, 2.24) is 4.98 Å². The molecule has 1 unspecified atom stereocenters. The average molecular weight is 329 g/mol. The van der Waals surface area contributed by atoms with Crippen molar-refractivity contribution in [2.24, 2.45) is 5.73 Å². The SMILES string of the molecule is CC(=O)O.Cc1cccnc1NC(C)CSC[C@H](N)C(=O)O. The summed E-state index contributed by atoms with van der Waals surface area (Å²) in [5.41, 5.74) is 6.52. The zero-order valence-corrected chi connectivity index (χ0v) is 13.8. The highest BCUT2D eigenvalue weighted by molar-refractivity contribution is 7.99. The maximum absolute atomic E-state index is 10.5. The number of hydrogen-bond acceptors (Lipinski definition) is 6. The summed E-state index contributed by atoms with van der Waals surface area (Å²) in [6.45, 7) is 5.11. The molecular weight excluding hydrogens is 306 g/mol. The third-order valence-corrected chi connectivity index (χ3v) is 3.71. The van der Waals surface area contributed by atoms with Gasteiger partial charge in [0.1, 0.15) is 11.9 Å². The summed E-state index contributed by atoms with van der Waals surface area (Å²) in [5, 5.41) is 19.4. The van der Waals surface area contributed by atoms with Crippen molar-refractivity contribution < 1.29 is 19.8 Å². The summed E-state index contributed by atoms with van der Waals surface area (Å²) >= 11 is 1.53. The van der Waals surface area contributed by atoms with Crippen molar-refractivity contribution in [2.45, 2.75) is 32.9 Å². The zero-order chi connectivity index (χ0) is 17.1. The summed E-state index contributed by atoms with van der Waals surface area (Å²) in [5.74, 6) is 0.288. The molecule has 0 spiro atoms. The second kappa shape index (κ2) is 10.9. The van der Waals surface area contributed by atoms with Crippen LogP contribution in [0.5, 0.6) is 0 Å². The van der Waals surface area contributed by atoms with Gasteiger partial charge in [-0.25, -0.2) is 4.98 Å². The van der Waals surface area contributed by atoms with Gasteiger partial charge in [-0.05, 0) is 25.5 Å². The molecule has 1 aromatic rings. The number of rotatable bonds is 7. The Balaban J connectivity index is 0.000000980. The number of carboxylic acids is 2. The highest BCUT2D eigenvalue weighted by Crippen LogP contribution is 2.13. The van der Waals surface area contributed by atoms with Crippen molar-refractivity contribution in [3.63, 3.8) is 0 Å². The van der Waals surface area contributed by atoms with E-state index in [-0.39, 0.29) is 6.04 Å². The molecule has 0 bridgehead atoms. The Morgan fingerprint density at radius 2 is 2.00 bits per heavy atom. The van der Waals surface area contributed by atoms with Crippen LogP contribution in [0, 0.1) is 6.92 Å². The van der Waals surface area contributed by atoms with Gasteiger partial charge < -0.3 is 21.3 Å². The molecule has 0 amide bonds. The van der Waals surface area contributed by atoms with Gasteiger partial charge in [-0.1, -0.05) is 6.07 Å². The van der Waals surface area contributed by atoms with E-state index >= 15 is 0 Å². The first-order chi connectivity index (χ1) is 10.2. The Labute approximate surface area is 134 Å². The largest absolute Gasteiger partial charge is 0.481 e. The fraction of sp³-hybridized carbons (Fsp3) is 0.500. The summed E-state index contributed by atoms with van der Waals surface area (Å²) in [6, 6.07) is 3.31. The first-order valence-corrected chi connectivity index (χ1v) is 7.83. The van der Waals surface area contributed by atoms with Gasteiger partial charge in [0, 0.05) is 30.7 Å². The van der Waals surface area contributed by atoms with Gasteiger partial charge in [0.25, 0.3) is 5.97 Å². The molecule has 1 aromatic heterocycles. The Morgan fingerprint density at radius 1 is 1.41 bits per heavy atom. The van der Waals surface area contributed by atoms with Crippen LogP contribution in [0.3, 0.4) is 0 Å². The van der Waals surface area contributed by atoms with Gasteiger partial charge in [-0.3, -0.25) is 9.59 Å². The lowest BCUT2D eigenvalue weighted by molar-refractivity contribution is -0.138. The number of hydrogen-bond donors (Lipinski definition) is 4. The van der Waals surface area contributed by atoms with Gasteiger partial charge in [0.15, 0.2) is 0 Å². The maximum Gasteiger partial charge on any atom is 0.321 e. The first-order valence-electron chi connectivity index (χ1n) is 6.67. The third kappa shape index (κ3) is 10.0. The maximum atomic E-state index is 10.5. The van der Waals surface area contributed by atoms with Crippen molar-refractivity contribution >= 4 is 29.5 Å². The molecule has 0 saturated carbocycles. The van der Waals surface area contributed by atoms with E-state index in [2.05, 4.69) is 10.3 Å². The number of aliphatic carboxylic acids is 2. The van der Waals surface area contributed by atoms with Crippen LogP contribution in [-0.4, -0.2) is 50.7 Å². The predicted molar refractivity (Wildman–Crippen MR) is 88.3 cm³/mol. The van der Waals surface area contributed by atoms with Gasteiger partial charge in [0.05, 0.1) is 0 Å². The molecule has 0 aliphatic heterocycles. The second-order valence-electron chi connectivity index (χ2n) is 4.72. The number of aromatic nitrogens is 1. The minimum absolute atomic E-state index is 0.213. The van der Waals surface area contributed by atoms with Crippen LogP contribution in [0.25, 0.3) is 0 Å². The fourth-order valence-electron chi connectivity index (χ4n) is 1.35. The van der Waals surface area contributed by atoms with Gasteiger partial charge >= 0.3 is 5.97 Å². The van der Waals surface area contributed by atoms with Crippen LogP contribution in [0.4, 0.5) is 5.82 Å². The molecule has 8 heteroatoms. The molecule has 7 nitrogen and oxygen atoms in total. The van der Waals surface area contributed by atoms with E-state index in [4.69, 9.17) is 20.7 Å². The third-order valence-electron chi connectivity index (χ3n) is 2.38. The molecule has 2 atom stereocenters. The lowest BCUT2D eigenvalue weighted by Gasteiger charge is -2.16. The molecule has 0 fully saturated rings. The molecule has 0 aliphatic carbocycles. The minimum atomic E-state index is -0.955. The standard InChI is InChI=1S/C12H19N3O2S.C2H4O2/c1-8-4-3-5-14-11(8)15-9(2)6-18-7-10(13)12(16)17;1-2(3)4/h3-5,9-10H,6-7,13H2,1-2H3,(H,14,15)(H,16,17);1H3,(H,3,4)/t9?,10-;/m0./s1. The topological polar surface area (TPSA) is 126 Å². The second-order valence-corrected chi connectivity index (χ2v) is 5.79. The number of anilines is 1. The number of pyridine rings is 1. The molecule has 0 aliphatic rings. The normalized spacial score (nSPS) is 12.5. The van der Waals surface area contributed by atoms with E-state index in [9.17, 15) is 4.79 Å². The van der Waals surface area contributed by atoms with Crippen LogP contribution < -0.4 is 11.1 Å². The summed E-state index contributed by atoms with van der Waals surface area (Å²) in [7, 11) is 0.